The summed E-state index contributed by atoms with van der Waals surface area (Å²) >= 11 is 0. The lowest BCUT2D eigenvalue weighted by atomic mass is 9.97. The standard InChI is InChI=1S/C27H23F4N5O/c1-15(2)32-13-16-9-22(27(29,30)31)24-23(10-16)34-26(37-24)18-6-4-5-17(11-18)20-8-7-19(28)12-21(20)25-35-33-14-36(25)3/h4-12,14-15,32H,13H2,1-3H3. The van der Waals surface area contributed by atoms with E-state index in [-0.39, 0.29) is 29.6 Å². The lowest BCUT2D eigenvalue weighted by molar-refractivity contribution is -0.136. The molecule has 0 aliphatic carbocycles. The average Bonchev–Trinajstić information content (AvgIpc) is 3.47. The van der Waals surface area contributed by atoms with Gasteiger partial charge in [-0.25, -0.2) is 9.37 Å². The Hall–Kier alpha value is -4.05. The van der Waals surface area contributed by atoms with Crippen molar-refractivity contribution in [1.29, 1.82) is 0 Å². The summed E-state index contributed by atoms with van der Waals surface area (Å²) in [6.45, 7) is 4.10. The van der Waals surface area contributed by atoms with Crippen LogP contribution in [-0.2, 0) is 19.8 Å². The van der Waals surface area contributed by atoms with E-state index >= 15 is 0 Å². The Balaban J connectivity index is 1.61. The van der Waals surface area contributed by atoms with Gasteiger partial charge in [0.1, 0.15) is 23.2 Å². The number of nitrogens with one attached hydrogen (secondary N) is 1. The third kappa shape index (κ3) is 4.97. The molecule has 0 unspecified atom stereocenters. The van der Waals surface area contributed by atoms with E-state index in [9.17, 15) is 17.6 Å². The Kier molecular flexibility index (Phi) is 6.28. The fraction of sp³-hybridized carbons (Fsp3) is 0.222. The normalized spacial score (nSPS) is 12.1. The van der Waals surface area contributed by atoms with Crippen molar-refractivity contribution in [2.75, 3.05) is 0 Å². The van der Waals surface area contributed by atoms with Crippen molar-refractivity contribution in [2.24, 2.45) is 7.05 Å². The van der Waals surface area contributed by atoms with Crippen LogP contribution in [0.4, 0.5) is 17.6 Å². The van der Waals surface area contributed by atoms with E-state index in [1.807, 2.05) is 19.9 Å². The Labute approximate surface area is 210 Å². The molecule has 2 heterocycles. The zero-order valence-electron chi connectivity index (χ0n) is 20.3. The van der Waals surface area contributed by atoms with Crippen molar-refractivity contribution in [2.45, 2.75) is 32.6 Å². The van der Waals surface area contributed by atoms with Crippen molar-refractivity contribution in [1.82, 2.24) is 25.1 Å². The van der Waals surface area contributed by atoms with Crippen LogP contribution >= 0.6 is 0 Å². The summed E-state index contributed by atoms with van der Waals surface area (Å²) in [7, 11) is 1.75. The Morgan fingerprint density at radius 3 is 2.49 bits per heavy atom. The summed E-state index contributed by atoms with van der Waals surface area (Å²) in [5, 5.41) is 11.1. The number of oxazole rings is 1. The van der Waals surface area contributed by atoms with Gasteiger partial charge in [0.05, 0.1) is 0 Å². The maximum absolute atomic E-state index is 14.1. The molecule has 5 rings (SSSR count). The van der Waals surface area contributed by atoms with Crippen LogP contribution in [0.1, 0.15) is 25.0 Å². The predicted octanol–water partition coefficient (Wildman–Crippen LogP) is 6.61. The minimum atomic E-state index is -4.61. The largest absolute Gasteiger partial charge is 0.435 e. The molecule has 0 spiro atoms. The van der Waals surface area contributed by atoms with Crippen LogP contribution in [-0.4, -0.2) is 25.8 Å². The lowest BCUT2D eigenvalue weighted by Crippen LogP contribution is -2.22. The summed E-state index contributed by atoms with van der Waals surface area (Å²) in [6, 6.07) is 14.1. The molecule has 0 atom stereocenters. The number of benzene rings is 3. The van der Waals surface area contributed by atoms with E-state index in [0.717, 1.165) is 6.07 Å². The monoisotopic (exact) mass is 509 g/mol. The first kappa shape index (κ1) is 24.6. The van der Waals surface area contributed by atoms with Gasteiger partial charge in [-0.2, -0.15) is 13.2 Å². The number of halogens is 4. The van der Waals surface area contributed by atoms with Crippen LogP contribution in [0.15, 0.2) is 65.3 Å². The van der Waals surface area contributed by atoms with Gasteiger partial charge in [-0.3, -0.25) is 0 Å². The highest BCUT2D eigenvalue weighted by Crippen LogP contribution is 2.39. The SMILES string of the molecule is CC(C)NCc1cc(C(F)(F)F)c2oc(-c3cccc(-c4ccc(F)cc4-c4nncn4C)c3)nc2c1. The second-order valence-corrected chi connectivity index (χ2v) is 9.08. The van der Waals surface area contributed by atoms with Crippen molar-refractivity contribution in [3.8, 4) is 34.0 Å². The lowest BCUT2D eigenvalue weighted by Gasteiger charge is -2.11. The van der Waals surface area contributed by atoms with E-state index in [1.54, 1.807) is 41.9 Å². The molecule has 6 nitrogen and oxygen atoms in total. The summed E-state index contributed by atoms with van der Waals surface area (Å²) in [5.41, 5.74) is 1.77. The molecule has 0 amide bonds. The highest BCUT2D eigenvalue weighted by atomic mass is 19.4. The van der Waals surface area contributed by atoms with Gasteiger partial charge >= 0.3 is 6.18 Å². The molecule has 190 valence electrons. The highest BCUT2D eigenvalue weighted by Gasteiger charge is 2.35. The third-order valence-electron chi connectivity index (χ3n) is 5.92. The summed E-state index contributed by atoms with van der Waals surface area (Å²) in [4.78, 5) is 4.40. The molecular weight excluding hydrogens is 486 g/mol. The molecular formula is C27H23F4N5O. The predicted molar refractivity (Wildman–Crippen MR) is 132 cm³/mol. The van der Waals surface area contributed by atoms with Gasteiger partial charge in [0.15, 0.2) is 11.4 Å². The Morgan fingerprint density at radius 2 is 1.78 bits per heavy atom. The molecule has 1 N–H and O–H groups in total. The average molecular weight is 510 g/mol. The highest BCUT2D eigenvalue weighted by molar-refractivity contribution is 5.84. The fourth-order valence-electron chi connectivity index (χ4n) is 4.15. The Bertz CT molecular complexity index is 1590. The van der Waals surface area contributed by atoms with Gasteiger partial charge in [0.2, 0.25) is 5.89 Å². The van der Waals surface area contributed by atoms with E-state index in [0.29, 0.717) is 33.6 Å². The van der Waals surface area contributed by atoms with Gasteiger partial charge in [-0.05, 0) is 53.1 Å². The summed E-state index contributed by atoms with van der Waals surface area (Å²) in [5.74, 6) is 0.0945. The molecule has 0 bridgehead atoms. The molecule has 5 aromatic rings. The van der Waals surface area contributed by atoms with Crippen molar-refractivity contribution >= 4 is 11.1 Å². The van der Waals surface area contributed by atoms with Gasteiger partial charge in [-0.15, -0.1) is 10.2 Å². The number of hydrogen-bond acceptors (Lipinski definition) is 5. The second kappa shape index (κ2) is 9.44. The van der Waals surface area contributed by atoms with Crippen LogP contribution < -0.4 is 5.32 Å². The van der Waals surface area contributed by atoms with Crippen LogP contribution in [0.5, 0.6) is 0 Å². The maximum atomic E-state index is 14.1. The van der Waals surface area contributed by atoms with Crippen LogP contribution in [0, 0.1) is 5.82 Å². The summed E-state index contributed by atoms with van der Waals surface area (Å²) < 4.78 is 63.2. The number of rotatable bonds is 6. The fourth-order valence-corrected chi connectivity index (χ4v) is 4.15. The van der Waals surface area contributed by atoms with Crippen molar-refractivity contribution in [3.05, 3.63) is 77.9 Å². The minimum Gasteiger partial charge on any atom is -0.435 e. The smallest absolute Gasteiger partial charge is 0.420 e. The molecule has 0 fully saturated rings. The number of fused-ring (bicyclic) bond motifs is 1. The van der Waals surface area contributed by atoms with E-state index in [4.69, 9.17) is 4.42 Å². The van der Waals surface area contributed by atoms with Gasteiger partial charge in [-0.1, -0.05) is 32.0 Å². The number of aromatic nitrogens is 4. The minimum absolute atomic E-state index is 0.0543. The summed E-state index contributed by atoms with van der Waals surface area (Å²) in [6.07, 6.45) is -3.09. The molecule has 0 saturated carbocycles. The quantitative estimate of drug-likeness (QED) is 0.261. The van der Waals surface area contributed by atoms with Gasteiger partial charge in [0, 0.05) is 30.8 Å². The topological polar surface area (TPSA) is 68.8 Å². The van der Waals surface area contributed by atoms with Gasteiger partial charge in [0.25, 0.3) is 0 Å². The molecule has 3 aromatic carbocycles. The second-order valence-electron chi connectivity index (χ2n) is 9.08. The molecule has 0 saturated heterocycles. The molecule has 0 radical (unpaired) electrons. The molecule has 10 heteroatoms. The first-order chi connectivity index (χ1) is 17.6. The number of alkyl halides is 3. The van der Waals surface area contributed by atoms with Crippen LogP contribution in [0.2, 0.25) is 0 Å². The number of nitrogens with zero attached hydrogens (tertiary/aromatic N) is 4. The molecule has 2 aromatic heterocycles. The molecule has 0 aliphatic rings. The number of hydrogen-bond donors (Lipinski definition) is 1. The van der Waals surface area contributed by atoms with E-state index in [1.165, 1.54) is 18.5 Å². The first-order valence-electron chi connectivity index (χ1n) is 11.6. The first-order valence-corrected chi connectivity index (χ1v) is 11.6. The Morgan fingerprint density at radius 1 is 1.00 bits per heavy atom. The number of aryl methyl sites for hydroxylation is 1. The van der Waals surface area contributed by atoms with Crippen LogP contribution in [0.3, 0.4) is 0 Å². The third-order valence-corrected chi connectivity index (χ3v) is 5.92. The van der Waals surface area contributed by atoms with Gasteiger partial charge < -0.3 is 14.3 Å². The molecule has 37 heavy (non-hydrogen) atoms. The van der Waals surface area contributed by atoms with E-state index < -0.39 is 17.6 Å². The molecule has 0 aliphatic heterocycles. The maximum Gasteiger partial charge on any atom is 0.420 e. The zero-order chi connectivity index (χ0) is 26.3. The van der Waals surface area contributed by atoms with Crippen molar-refractivity contribution in [3.63, 3.8) is 0 Å². The zero-order valence-corrected chi connectivity index (χ0v) is 20.3. The van der Waals surface area contributed by atoms with Crippen LogP contribution in [0.25, 0.3) is 45.1 Å². The van der Waals surface area contributed by atoms with E-state index in [2.05, 4.69) is 20.5 Å². The van der Waals surface area contributed by atoms with Crippen molar-refractivity contribution < 1.29 is 22.0 Å².